The number of ether oxygens (including phenoxy) is 1. The summed E-state index contributed by atoms with van der Waals surface area (Å²) in [6.45, 7) is 2.42. The summed E-state index contributed by atoms with van der Waals surface area (Å²) >= 11 is 5.99. The SMILES string of the molecule is C/C(=C/C(Cl)=C\CS(=O)(=O)N(C)Cc1ccc(C(=O)NCCOc2ccccc2)cc1)CO. The molecule has 0 aliphatic heterocycles. The summed E-state index contributed by atoms with van der Waals surface area (Å²) in [7, 11) is -2.09. The molecule has 9 heteroatoms. The highest BCUT2D eigenvalue weighted by Crippen LogP contribution is 2.13. The summed E-state index contributed by atoms with van der Waals surface area (Å²) in [4.78, 5) is 12.3. The number of aliphatic hydroxyl groups is 1. The summed E-state index contributed by atoms with van der Waals surface area (Å²) in [5, 5.41) is 12.0. The molecule has 0 heterocycles. The molecule has 1 amide bonds. The van der Waals surface area contributed by atoms with E-state index >= 15 is 0 Å². The number of nitrogens with zero attached hydrogens (tertiary/aromatic N) is 1. The number of hydrogen-bond acceptors (Lipinski definition) is 5. The zero-order chi connectivity index (χ0) is 24.3. The first kappa shape index (κ1) is 26.6. The highest BCUT2D eigenvalue weighted by Gasteiger charge is 2.17. The Bertz CT molecular complexity index is 1070. The number of carbonyl (C=O) groups is 1. The van der Waals surface area contributed by atoms with Gasteiger partial charge in [-0.05, 0) is 54.5 Å². The van der Waals surface area contributed by atoms with Crippen LogP contribution in [0, 0.1) is 0 Å². The Balaban J connectivity index is 1.84. The second-order valence-corrected chi connectivity index (χ2v) is 9.94. The van der Waals surface area contributed by atoms with Gasteiger partial charge in [0.25, 0.3) is 5.91 Å². The fourth-order valence-corrected chi connectivity index (χ4v) is 4.07. The van der Waals surface area contributed by atoms with Gasteiger partial charge in [0.1, 0.15) is 12.4 Å². The molecule has 0 radical (unpaired) electrons. The van der Waals surface area contributed by atoms with Crippen molar-refractivity contribution in [1.82, 2.24) is 9.62 Å². The average Bonchev–Trinajstić information content (AvgIpc) is 2.81. The van der Waals surface area contributed by atoms with Gasteiger partial charge in [0, 0.05) is 24.2 Å². The lowest BCUT2D eigenvalue weighted by Crippen LogP contribution is -2.29. The van der Waals surface area contributed by atoms with Crippen LogP contribution in [0.4, 0.5) is 0 Å². The minimum atomic E-state index is -3.57. The molecule has 0 aliphatic rings. The van der Waals surface area contributed by atoms with Crippen molar-refractivity contribution >= 4 is 27.5 Å². The lowest BCUT2D eigenvalue weighted by atomic mass is 10.1. The first-order valence-electron chi connectivity index (χ1n) is 10.3. The highest BCUT2D eigenvalue weighted by atomic mass is 35.5. The van der Waals surface area contributed by atoms with Gasteiger partial charge in [-0.1, -0.05) is 41.9 Å². The molecule has 7 nitrogen and oxygen atoms in total. The fraction of sp³-hybridized carbons (Fsp3) is 0.292. The number of sulfonamides is 1. The van der Waals surface area contributed by atoms with Gasteiger partial charge in [-0.3, -0.25) is 4.79 Å². The minimum Gasteiger partial charge on any atom is -0.492 e. The van der Waals surface area contributed by atoms with Crippen molar-refractivity contribution in [1.29, 1.82) is 0 Å². The lowest BCUT2D eigenvalue weighted by molar-refractivity contribution is 0.0947. The van der Waals surface area contributed by atoms with Crippen LogP contribution in [-0.2, 0) is 16.6 Å². The maximum absolute atomic E-state index is 12.5. The van der Waals surface area contributed by atoms with Crippen LogP contribution >= 0.6 is 11.6 Å². The van der Waals surface area contributed by atoms with Gasteiger partial charge < -0.3 is 15.2 Å². The Hall–Kier alpha value is -2.65. The Morgan fingerprint density at radius 3 is 2.45 bits per heavy atom. The van der Waals surface area contributed by atoms with Crippen molar-refractivity contribution in [3.8, 4) is 5.75 Å². The number of amides is 1. The van der Waals surface area contributed by atoms with Crippen molar-refractivity contribution in [3.63, 3.8) is 0 Å². The van der Waals surface area contributed by atoms with Gasteiger partial charge in [-0.15, -0.1) is 0 Å². The zero-order valence-corrected chi connectivity index (χ0v) is 20.3. The standard InChI is InChI=1S/C24H29ClN2O5S/c1-19(18-28)16-22(25)12-15-33(30,31)27(2)17-20-8-10-21(11-9-20)24(29)26-13-14-32-23-6-4-3-5-7-23/h3-12,16,28H,13-15,17-18H2,1-2H3,(H,26,29)/b19-16-,22-12+. The molecule has 0 aliphatic carbocycles. The molecule has 0 saturated carbocycles. The van der Waals surface area contributed by atoms with Crippen LogP contribution in [0.1, 0.15) is 22.8 Å². The maximum Gasteiger partial charge on any atom is 0.251 e. The second kappa shape index (κ2) is 13.2. The van der Waals surface area contributed by atoms with E-state index in [9.17, 15) is 13.2 Å². The molecule has 0 atom stereocenters. The molecule has 0 saturated heterocycles. The van der Waals surface area contributed by atoms with Gasteiger partial charge in [-0.2, -0.15) is 0 Å². The van der Waals surface area contributed by atoms with E-state index in [-0.39, 0.29) is 29.8 Å². The minimum absolute atomic E-state index is 0.147. The molecule has 0 bridgehead atoms. The maximum atomic E-state index is 12.5. The van der Waals surface area contributed by atoms with Crippen molar-refractivity contribution in [2.45, 2.75) is 13.5 Å². The van der Waals surface area contributed by atoms with E-state index in [4.69, 9.17) is 21.4 Å². The van der Waals surface area contributed by atoms with Crippen LogP contribution in [0.15, 0.2) is 77.4 Å². The molecule has 2 N–H and O–H groups in total. The number of allylic oxidation sites excluding steroid dienone is 2. The first-order valence-corrected chi connectivity index (χ1v) is 12.3. The summed E-state index contributed by atoms with van der Waals surface area (Å²) in [5.74, 6) is 0.248. The lowest BCUT2D eigenvalue weighted by Gasteiger charge is -2.16. The van der Waals surface area contributed by atoms with Crippen LogP contribution < -0.4 is 10.1 Å². The van der Waals surface area contributed by atoms with Crippen molar-refractivity contribution in [2.24, 2.45) is 0 Å². The van der Waals surface area contributed by atoms with Crippen molar-refractivity contribution < 1.29 is 23.1 Å². The predicted molar refractivity (Wildman–Crippen MR) is 131 cm³/mol. The highest BCUT2D eigenvalue weighted by molar-refractivity contribution is 7.89. The van der Waals surface area contributed by atoms with E-state index < -0.39 is 10.0 Å². The summed E-state index contributed by atoms with van der Waals surface area (Å²) in [5.41, 5.74) is 1.86. The monoisotopic (exact) mass is 492 g/mol. The zero-order valence-electron chi connectivity index (χ0n) is 18.7. The number of halogens is 1. The van der Waals surface area contributed by atoms with E-state index in [1.165, 1.54) is 23.5 Å². The number of rotatable bonds is 12. The number of aliphatic hydroxyl groups excluding tert-OH is 1. The summed E-state index contributed by atoms with van der Waals surface area (Å²) in [6.07, 6.45) is 2.91. The number of carbonyl (C=O) groups excluding carboxylic acids is 1. The van der Waals surface area contributed by atoms with E-state index in [0.717, 1.165) is 11.3 Å². The largest absolute Gasteiger partial charge is 0.492 e. The van der Waals surface area contributed by atoms with Crippen LogP contribution in [0.2, 0.25) is 0 Å². The Morgan fingerprint density at radius 1 is 1.15 bits per heavy atom. The molecule has 0 spiro atoms. The Morgan fingerprint density at radius 2 is 1.82 bits per heavy atom. The van der Waals surface area contributed by atoms with Gasteiger partial charge in [-0.25, -0.2) is 12.7 Å². The Labute approximate surface area is 200 Å². The molecule has 2 aromatic carbocycles. The molecule has 33 heavy (non-hydrogen) atoms. The molecule has 2 aromatic rings. The van der Waals surface area contributed by atoms with Crippen LogP contribution in [0.3, 0.4) is 0 Å². The molecular weight excluding hydrogens is 464 g/mol. The van der Waals surface area contributed by atoms with Gasteiger partial charge >= 0.3 is 0 Å². The predicted octanol–water partition coefficient (Wildman–Crippen LogP) is 3.32. The quantitative estimate of drug-likeness (QED) is 0.350. The number of benzene rings is 2. The van der Waals surface area contributed by atoms with Gasteiger partial charge in [0.15, 0.2) is 0 Å². The van der Waals surface area contributed by atoms with Gasteiger partial charge in [0.2, 0.25) is 10.0 Å². The van der Waals surface area contributed by atoms with E-state index in [1.54, 1.807) is 31.2 Å². The van der Waals surface area contributed by atoms with E-state index in [0.29, 0.717) is 24.3 Å². The Kier molecular flexibility index (Phi) is 10.6. The van der Waals surface area contributed by atoms with Crippen molar-refractivity contribution in [3.05, 3.63) is 88.5 Å². The molecule has 0 aromatic heterocycles. The molecule has 178 valence electrons. The third kappa shape index (κ3) is 9.39. The smallest absolute Gasteiger partial charge is 0.251 e. The molecule has 0 unspecified atom stereocenters. The number of hydrogen-bond donors (Lipinski definition) is 2. The summed E-state index contributed by atoms with van der Waals surface area (Å²) in [6, 6.07) is 16.1. The van der Waals surface area contributed by atoms with E-state index in [2.05, 4.69) is 5.32 Å². The third-order valence-electron chi connectivity index (χ3n) is 4.62. The van der Waals surface area contributed by atoms with Crippen molar-refractivity contribution in [2.75, 3.05) is 32.6 Å². The van der Waals surface area contributed by atoms with Crippen LogP contribution in [0.5, 0.6) is 5.75 Å². The topological polar surface area (TPSA) is 95.9 Å². The van der Waals surface area contributed by atoms with Crippen LogP contribution in [-0.4, -0.2) is 56.3 Å². The molecule has 2 rings (SSSR count). The van der Waals surface area contributed by atoms with Gasteiger partial charge in [0.05, 0.1) is 18.9 Å². The van der Waals surface area contributed by atoms with Crippen LogP contribution in [0.25, 0.3) is 0 Å². The normalized spacial score (nSPS) is 12.6. The first-order chi connectivity index (χ1) is 15.7. The number of nitrogens with one attached hydrogen (secondary N) is 1. The van der Waals surface area contributed by atoms with E-state index in [1.807, 2.05) is 30.3 Å². The second-order valence-electron chi connectivity index (χ2n) is 7.39. The summed E-state index contributed by atoms with van der Waals surface area (Å²) < 4.78 is 31.8. The third-order valence-corrected chi connectivity index (χ3v) is 6.55. The fourth-order valence-electron chi connectivity index (χ4n) is 2.72. The molecular formula is C24H29ClN2O5S. The average molecular weight is 493 g/mol. The number of para-hydroxylation sites is 1. The molecule has 0 fully saturated rings.